The van der Waals surface area contributed by atoms with Gasteiger partial charge in [-0.1, -0.05) is 339 Å². The summed E-state index contributed by atoms with van der Waals surface area (Å²) in [7, 11) is -9.82. The van der Waals surface area contributed by atoms with Crippen LogP contribution in [0.3, 0.4) is 0 Å². The number of esters is 3. The van der Waals surface area contributed by atoms with Crippen molar-refractivity contribution in [2.24, 2.45) is 0 Å². The maximum atomic E-state index is 13.0. The fourth-order valence-electron chi connectivity index (χ4n) is 11.6. The summed E-state index contributed by atoms with van der Waals surface area (Å²) in [4.78, 5) is 58.9. The number of phosphoric acid groups is 2. The predicted octanol–water partition coefficient (Wildman–Crippen LogP) is 26.5. The first-order valence-electron chi connectivity index (χ1n) is 43.8. The molecule has 0 aromatic heterocycles. The van der Waals surface area contributed by atoms with Crippen molar-refractivity contribution in [3.8, 4) is 0 Å². The zero-order valence-electron chi connectivity index (χ0n) is 69.8. The van der Waals surface area contributed by atoms with Crippen molar-refractivity contribution in [2.75, 3.05) is 39.6 Å². The average Bonchev–Trinajstić information content (AvgIpc) is 0.902. The van der Waals surface area contributed by atoms with Gasteiger partial charge < -0.3 is 34.2 Å². The molecule has 0 saturated heterocycles. The highest BCUT2D eigenvalue weighted by Crippen LogP contribution is 2.45. The van der Waals surface area contributed by atoms with Crippen LogP contribution in [0.25, 0.3) is 0 Å². The fraction of sp³-hybridized carbons (Fsp3) is 0.688. The summed E-state index contributed by atoms with van der Waals surface area (Å²) in [6.45, 7) is 2.51. The average molecular weight is 1590 g/mol. The van der Waals surface area contributed by atoms with Crippen molar-refractivity contribution in [3.63, 3.8) is 0 Å². The number of ether oxygens (including phenoxy) is 3. The first kappa shape index (κ1) is 106. The molecule has 16 nitrogen and oxygen atoms in total. The Morgan fingerprint density at radius 1 is 0.261 bits per heavy atom. The molecule has 0 saturated carbocycles. The highest BCUT2D eigenvalue weighted by Gasteiger charge is 2.29. The molecule has 636 valence electrons. The maximum Gasteiger partial charge on any atom is 0.472 e. The lowest BCUT2D eigenvalue weighted by molar-refractivity contribution is -0.161. The van der Waals surface area contributed by atoms with E-state index in [4.69, 9.17) is 32.3 Å². The van der Waals surface area contributed by atoms with Crippen molar-refractivity contribution in [2.45, 2.75) is 373 Å². The molecule has 0 radical (unpaired) electrons. The Bertz CT molecular complexity index is 2650. The van der Waals surface area contributed by atoms with Crippen LogP contribution in [0.5, 0.6) is 0 Å². The molecule has 5 atom stereocenters. The number of allylic oxidation sites excluding steroid dienone is 26. The molecule has 5 unspecified atom stereocenters. The normalized spacial score (nSPS) is 14.6. The maximum absolute atomic E-state index is 13.0. The van der Waals surface area contributed by atoms with Gasteiger partial charge in [0.05, 0.1) is 26.4 Å². The third-order valence-corrected chi connectivity index (χ3v) is 20.1. The number of hydrogen-bond acceptors (Lipinski definition) is 14. The van der Waals surface area contributed by atoms with Gasteiger partial charge in [-0.15, -0.1) is 0 Å². The number of phosphoric ester groups is 2. The lowest BCUT2D eigenvalue weighted by Crippen LogP contribution is -2.30. The van der Waals surface area contributed by atoms with Gasteiger partial charge in [0.2, 0.25) is 0 Å². The molecule has 0 amide bonds. The van der Waals surface area contributed by atoms with Crippen LogP contribution in [0.1, 0.15) is 355 Å². The smallest absolute Gasteiger partial charge is 0.463 e. The molecule has 4 N–H and O–H groups in total. The van der Waals surface area contributed by atoms with E-state index in [0.29, 0.717) is 19.3 Å². The van der Waals surface area contributed by atoms with Crippen LogP contribution in [0, 0.1) is 0 Å². The predicted molar refractivity (Wildman–Crippen MR) is 463 cm³/mol. The lowest BCUT2D eigenvalue weighted by Gasteiger charge is -2.21. The summed E-state index contributed by atoms with van der Waals surface area (Å²) >= 11 is 0. The largest absolute Gasteiger partial charge is 0.472 e. The zero-order chi connectivity index (χ0) is 80.8. The van der Waals surface area contributed by atoms with E-state index in [1.165, 1.54) is 122 Å². The fourth-order valence-corrected chi connectivity index (χ4v) is 13.2. The summed E-state index contributed by atoms with van der Waals surface area (Å²) in [5.74, 6) is -1.60. The van der Waals surface area contributed by atoms with Gasteiger partial charge in [-0.25, -0.2) is 9.13 Å². The summed E-state index contributed by atoms with van der Waals surface area (Å²) in [5, 5.41) is 20.7. The van der Waals surface area contributed by atoms with E-state index in [9.17, 15) is 43.5 Å². The molecule has 0 aromatic rings. The highest BCUT2D eigenvalue weighted by molar-refractivity contribution is 7.47. The molecule has 0 aliphatic rings. The molecular formula is C93H158O16P2. The summed E-state index contributed by atoms with van der Waals surface area (Å²) in [6.07, 6.45) is 107. The zero-order valence-corrected chi connectivity index (χ0v) is 71.6. The van der Waals surface area contributed by atoms with Crippen LogP contribution in [-0.4, -0.2) is 95.9 Å². The number of unbranched alkanes of at least 4 members (excludes halogenated alkanes) is 33. The van der Waals surface area contributed by atoms with Crippen LogP contribution in [0.2, 0.25) is 0 Å². The first-order chi connectivity index (χ1) is 54.2. The number of hydrogen-bond donors (Lipinski definition) is 4. The van der Waals surface area contributed by atoms with Crippen LogP contribution in [0.4, 0.5) is 0 Å². The molecule has 0 aliphatic carbocycles. The Balaban J connectivity index is 4.59. The number of carbonyl (C=O) groups is 3. The van der Waals surface area contributed by atoms with Gasteiger partial charge in [-0.3, -0.25) is 32.5 Å². The van der Waals surface area contributed by atoms with Crippen LogP contribution < -0.4 is 0 Å². The third-order valence-electron chi connectivity index (χ3n) is 18.2. The van der Waals surface area contributed by atoms with Gasteiger partial charge in [-0.05, 0) is 154 Å². The standard InChI is InChI=1S/C93H158O16P2/c1-4-7-10-13-16-19-22-25-28-31-34-36-38-40-41-42-43-44-45-47-49-50-53-55-58-61-64-67-70-73-76-79-91(96)103-82-88(94)83-105-110(99,100)106-84-89(95)85-107-111(101,102)108-87-90(109-93(98)81-78-75-72-69-66-63-60-57-52-33-30-27-24-21-18-15-12-9-6-3)86-104-92(97)80-77-74-71-68-65-62-59-56-54-51-48-46-39-37-35-32-29-26-23-20-17-14-11-8-5-2/h8,11,16-21,25-30,34-37,40-41,46,48,52,54,56-57,88-90,94-95H,4-7,9-10,12-15,22-24,31-33,38-39,42-45,47,49-51,53,55,58-87H2,1-3H3,(H,99,100)(H,101,102)/b11-8-,19-16-,20-17-,21-18-,28-25-,29-26-,30-27-,36-34-,37-35-,41-40-,48-46-,56-54-,57-52-. The molecule has 18 heteroatoms. The van der Waals surface area contributed by atoms with E-state index >= 15 is 0 Å². The topological polar surface area (TPSA) is 231 Å². The van der Waals surface area contributed by atoms with Gasteiger partial charge in [0.15, 0.2) is 6.10 Å². The lowest BCUT2D eigenvalue weighted by atomic mass is 10.0. The van der Waals surface area contributed by atoms with E-state index in [0.717, 1.165) is 173 Å². The van der Waals surface area contributed by atoms with Crippen LogP contribution >= 0.6 is 15.6 Å². The van der Waals surface area contributed by atoms with E-state index in [2.05, 4.69) is 179 Å². The molecule has 0 bridgehead atoms. The van der Waals surface area contributed by atoms with Crippen molar-refractivity contribution in [1.29, 1.82) is 0 Å². The number of carbonyl (C=O) groups excluding carboxylic acids is 3. The van der Waals surface area contributed by atoms with Crippen molar-refractivity contribution in [3.05, 3.63) is 158 Å². The third kappa shape index (κ3) is 85.9. The van der Waals surface area contributed by atoms with Crippen molar-refractivity contribution in [1.82, 2.24) is 0 Å². The Morgan fingerprint density at radius 2 is 0.477 bits per heavy atom. The monoisotopic (exact) mass is 1590 g/mol. The van der Waals surface area contributed by atoms with E-state index in [1.807, 2.05) is 0 Å². The highest BCUT2D eigenvalue weighted by atomic mass is 31.2. The summed E-state index contributed by atoms with van der Waals surface area (Å²) < 4.78 is 61.3. The van der Waals surface area contributed by atoms with Crippen LogP contribution in [-0.2, 0) is 55.8 Å². The van der Waals surface area contributed by atoms with Gasteiger partial charge in [0.1, 0.15) is 25.4 Å². The van der Waals surface area contributed by atoms with Gasteiger partial charge >= 0.3 is 33.6 Å². The quantitative estimate of drug-likeness (QED) is 0.0146. The number of aliphatic hydroxyl groups excluding tert-OH is 2. The van der Waals surface area contributed by atoms with Crippen molar-refractivity contribution >= 4 is 33.6 Å². The second-order valence-electron chi connectivity index (χ2n) is 29.0. The molecule has 111 heavy (non-hydrogen) atoms. The van der Waals surface area contributed by atoms with E-state index < -0.39 is 91.5 Å². The molecule has 0 aliphatic heterocycles. The molecule has 0 aromatic carbocycles. The van der Waals surface area contributed by atoms with Crippen LogP contribution in [0.15, 0.2) is 158 Å². The van der Waals surface area contributed by atoms with Gasteiger partial charge in [-0.2, -0.15) is 0 Å². The molecule has 0 heterocycles. The Labute approximate surface area is 676 Å². The van der Waals surface area contributed by atoms with Gasteiger partial charge in [0, 0.05) is 19.3 Å². The van der Waals surface area contributed by atoms with Gasteiger partial charge in [0.25, 0.3) is 0 Å². The number of rotatable bonds is 82. The Morgan fingerprint density at radius 3 is 0.757 bits per heavy atom. The Hall–Kier alpha value is -4.83. The molecule has 0 fully saturated rings. The Kier molecular flexibility index (Phi) is 80.9. The molecule has 0 rings (SSSR count). The SMILES string of the molecule is CC/C=C\C/C=C\C/C=C\C/C=C\C/C=C\C/C=C\CCCCCCCCC(=O)OCC(COP(=O)(O)OCC(O)COP(=O)(O)OCC(O)COC(=O)CCCCCCCCCCCCCCCCC/C=C\C/C=C\C/C=C\C/C=C\CCCCC)OC(=O)CCCCCCCC/C=C\C/C=C\C/C=C\CCCCC. The molecule has 0 spiro atoms. The summed E-state index contributed by atoms with van der Waals surface area (Å²) in [5.41, 5.74) is 0. The second kappa shape index (κ2) is 84.6. The minimum atomic E-state index is -4.95. The van der Waals surface area contributed by atoms with Crippen molar-refractivity contribution < 1.29 is 75.8 Å². The summed E-state index contributed by atoms with van der Waals surface area (Å²) in [6, 6.07) is 0. The van der Waals surface area contributed by atoms with E-state index in [1.54, 1.807) is 0 Å². The minimum absolute atomic E-state index is 0.0819. The first-order valence-corrected chi connectivity index (χ1v) is 46.8. The minimum Gasteiger partial charge on any atom is -0.463 e. The molecular weight excluding hydrogens is 1430 g/mol. The second-order valence-corrected chi connectivity index (χ2v) is 31.9. The number of aliphatic hydroxyl groups is 2. The van der Waals surface area contributed by atoms with E-state index in [-0.39, 0.29) is 19.3 Å².